The van der Waals surface area contributed by atoms with Gasteiger partial charge in [0.2, 0.25) is 0 Å². The number of carbonyl (C=O) groups excluding carboxylic acids is 1. The number of amides is 1. The lowest BCUT2D eigenvalue weighted by molar-refractivity contribution is 0.0240. The van der Waals surface area contributed by atoms with E-state index in [1.165, 1.54) is 0 Å². The zero-order valence-electron chi connectivity index (χ0n) is 15.5. The molecule has 2 rings (SSSR count). The van der Waals surface area contributed by atoms with Crippen LogP contribution < -0.4 is 16.1 Å². The summed E-state index contributed by atoms with van der Waals surface area (Å²) in [5.74, 6) is 0. The molecular formula is C17H28BN3O4. The summed E-state index contributed by atoms with van der Waals surface area (Å²) in [6, 6.07) is 3.50. The van der Waals surface area contributed by atoms with Crippen LogP contribution in [0.25, 0.3) is 0 Å². The van der Waals surface area contributed by atoms with E-state index in [1.807, 2.05) is 27.7 Å². The molecule has 1 aromatic rings. The molecule has 1 aromatic carbocycles. The lowest BCUT2D eigenvalue weighted by Crippen LogP contribution is -2.50. The van der Waals surface area contributed by atoms with Crippen LogP contribution in [0.2, 0.25) is 0 Å². The molecule has 138 valence electrons. The first kappa shape index (κ1) is 19.6. The highest BCUT2D eigenvalue weighted by molar-refractivity contribution is 6.58. The number of rotatable bonds is 3. The van der Waals surface area contributed by atoms with Crippen LogP contribution in [0.5, 0.6) is 0 Å². The van der Waals surface area contributed by atoms with Crippen LogP contribution in [0, 0.1) is 6.92 Å². The predicted molar refractivity (Wildman–Crippen MR) is 98.9 cm³/mol. The van der Waals surface area contributed by atoms with Gasteiger partial charge in [0.1, 0.15) is 5.60 Å². The fourth-order valence-electron chi connectivity index (χ4n) is 2.93. The molecule has 25 heavy (non-hydrogen) atoms. The number of nitrogens with two attached hydrogens (primary N) is 1. The third-order valence-electron chi connectivity index (χ3n) is 4.30. The third kappa shape index (κ3) is 4.87. The van der Waals surface area contributed by atoms with Crippen LogP contribution in [0.15, 0.2) is 12.1 Å². The number of hydrogen-bond acceptors (Lipinski definition) is 6. The first-order chi connectivity index (χ1) is 11.6. The molecule has 0 saturated carbocycles. The lowest BCUT2D eigenvalue weighted by atomic mass is 9.78. The van der Waals surface area contributed by atoms with Crippen molar-refractivity contribution in [2.24, 2.45) is 5.73 Å². The van der Waals surface area contributed by atoms with Crippen molar-refractivity contribution in [2.75, 3.05) is 31.1 Å². The van der Waals surface area contributed by atoms with Crippen molar-refractivity contribution in [3.05, 3.63) is 23.3 Å². The topological polar surface area (TPSA) is 99.3 Å². The Kier molecular flexibility index (Phi) is 5.97. The highest BCUT2D eigenvalue weighted by Gasteiger charge is 2.27. The Morgan fingerprint density at radius 2 is 1.84 bits per heavy atom. The Bertz CT molecular complexity index is 623. The first-order valence-electron chi connectivity index (χ1n) is 8.55. The number of piperazine rings is 1. The zero-order chi connectivity index (χ0) is 18.8. The number of anilines is 1. The van der Waals surface area contributed by atoms with Crippen molar-refractivity contribution in [2.45, 2.75) is 39.8 Å². The van der Waals surface area contributed by atoms with Gasteiger partial charge in [-0.05, 0) is 50.4 Å². The molecule has 0 radical (unpaired) electrons. The van der Waals surface area contributed by atoms with E-state index in [2.05, 4.69) is 4.90 Å². The molecule has 1 aliphatic heterocycles. The number of nitrogens with zero attached hydrogens (tertiary/aromatic N) is 2. The molecule has 1 amide bonds. The van der Waals surface area contributed by atoms with Gasteiger partial charge in [-0.1, -0.05) is 6.07 Å². The van der Waals surface area contributed by atoms with Crippen molar-refractivity contribution in [3.63, 3.8) is 0 Å². The summed E-state index contributed by atoms with van der Waals surface area (Å²) in [6.07, 6.45) is -0.300. The largest absolute Gasteiger partial charge is 0.488 e. The van der Waals surface area contributed by atoms with E-state index in [1.54, 1.807) is 17.0 Å². The summed E-state index contributed by atoms with van der Waals surface area (Å²) < 4.78 is 5.41. The van der Waals surface area contributed by atoms with Gasteiger partial charge in [-0.15, -0.1) is 0 Å². The van der Waals surface area contributed by atoms with Crippen molar-refractivity contribution in [3.8, 4) is 0 Å². The van der Waals surface area contributed by atoms with Crippen LogP contribution in [-0.2, 0) is 11.3 Å². The van der Waals surface area contributed by atoms with Crippen molar-refractivity contribution in [1.82, 2.24) is 4.90 Å². The van der Waals surface area contributed by atoms with E-state index >= 15 is 0 Å². The Balaban J connectivity index is 2.12. The van der Waals surface area contributed by atoms with Crippen LogP contribution in [0.4, 0.5) is 10.5 Å². The van der Waals surface area contributed by atoms with Gasteiger partial charge >= 0.3 is 13.2 Å². The van der Waals surface area contributed by atoms with E-state index in [0.29, 0.717) is 38.2 Å². The molecule has 0 aromatic heterocycles. The Labute approximate surface area is 149 Å². The second kappa shape index (κ2) is 7.64. The molecule has 1 aliphatic rings. The first-order valence-corrected chi connectivity index (χ1v) is 8.55. The number of benzene rings is 1. The molecular weight excluding hydrogens is 321 g/mol. The molecule has 0 unspecified atom stereocenters. The predicted octanol–water partition coefficient (Wildman–Crippen LogP) is 0.191. The monoisotopic (exact) mass is 349 g/mol. The summed E-state index contributed by atoms with van der Waals surface area (Å²) in [7, 11) is -1.53. The molecule has 0 spiro atoms. The van der Waals surface area contributed by atoms with Crippen LogP contribution >= 0.6 is 0 Å². The molecule has 0 atom stereocenters. The summed E-state index contributed by atoms with van der Waals surface area (Å²) >= 11 is 0. The van der Waals surface area contributed by atoms with E-state index in [0.717, 1.165) is 16.8 Å². The maximum atomic E-state index is 12.2. The minimum Gasteiger partial charge on any atom is -0.444 e. The van der Waals surface area contributed by atoms with E-state index in [-0.39, 0.29) is 6.09 Å². The van der Waals surface area contributed by atoms with Gasteiger partial charge in [-0.3, -0.25) is 0 Å². The number of hydrogen-bond donors (Lipinski definition) is 3. The van der Waals surface area contributed by atoms with E-state index in [4.69, 9.17) is 10.5 Å². The molecule has 8 heteroatoms. The quantitative estimate of drug-likeness (QED) is 0.674. The minimum absolute atomic E-state index is 0.300. The molecule has 1 saturated heterocycles. The second-order valence-electron chi connectivity index (χ2n) is 7.36. The lowest BCUT2D eigenvalue weighted by Gasteiger charge is -2.37. The maximum absolute atomic E-state index is 12.2. The number of ether oxygens (including phenoxy) is 1. The van der Waals surface area contributed by atoms with Crippen LogP contribution in [0.1, 0.15) is 31.9 Å². The normalized spacial score (nSPS) is 15.3. The van der Waals surface area contributed by atoms with Gasteiger partial charge in [0, 0.05) is 38.4 Å². The van der Waals surface area contributed by atoms with Gasteiger partial charge in [0.05, 0.1) is 0 Å². The highest BCUT2D eigenvalue weighted by atomic mass is 16.6. The van der Waals surface area contributed by atoms with Gasteiger partial charge in [-0.25, -0.2) is 4.79 Å². The van der Waals surface area contributed by atoms with Gasteiger partial charge in [0.15, 0.2) is 0 Å². The van der Waals surface area contributed by atoms with E-state index in [9.17, 15) is 14.8 Å². The molecule has 0 aliphatic carbocycles. The smallest absolute Gasteiger partial charge is 0.444 e. The van der Waals surface area contributed by atoms with E-state index < -0.39 is 12.7 Å². The summed E-state index contributed by atoms with van der Waals surface area (Å²) in [6.45, 7) is 10.3. The molecule has 7 nitrogen and oxygen atoms in total. The Morgan fingerprint density at radius 3 is 2.32 bits per heavy atom. The summed E-state index contributed by atoms with van der Waals surface area (Å²) in [5.41, 5.74) is 8.54. The Morgan fingerprint density at radius 1 is 1.24 bits per heavy atom. The van der Waals surface area contributed by atoms with Crippen molar-refractivity contribution >= 4 is 24.4 Å². The highest BCUT2D eigenvalue weighted by Crippen LogP contribution is 2.24. The molecule has 0 bridgehead atoms. The molecule has 1 fully saturated rings. The zero-order valence-corrected chi connectivity index (χ0v) is 15.5. The van der Waals surface area contributed by atoms with Crippen LogP contribution in [-0.4, -0.2) is 59.9 Å². The standard InChI is InChI=1S/C17H28BN3O4/c1-12-13(11-19)9-14(18(23)24)10-15(12)20-5-7-21(8-6-20)16(22)25-17(2,3)4/h9-10,23-24H,5-8,11,19H2,1-4H3. The van der Waals surface area contributed by atoms with Crippen molar-refractivity contribution in [1.29, 1.82) is 0 Å². The minimum atomic E-state index is -1.53. The average molecular weight is 349 g/mol. The fourth-order valence-corrected chi connectivity index (χ4v) is 2.93. The molecule has 4 N–H and O–H groups in total. The third-order valence-corrected chi connectivity index (χ3v) is 4.30. The summed E-state index contributed by atoms with van der Waals surface area (Å²) in [5, 5.41) is 19.0. The van der Waals surface area contributed by atoms with Gasteiger partial charge < -0.3 is 30.3 Å². The number of carbonyl (C=O) groups is 1. The summed E-state index contributed by atoms with van der Waals surface area (Å²) in [4.78, 5) is 16.0. The fraction of sp³-hybridized carbons (Fsp3) is 0.588. The molecule has 1 heterocycles. The maximum Gasteiger partial charge on any atom is 0.488 e. The SMILES string of the molecule is Cc1c(CN)cc(B(O)O)cc1N1CCN(C(=O)OC(C)(C)C)CC1. The second-order valence-corrected chi connectivity index (χ2v) is 7.36. The average Bonchev–Trinajstić information content (AvgIpc) is 2.53. The van der Waals surface area contributed by atoms with Gasteiger partial charge in [-0.2, -0.15) is 0 Å². The van der Waals surface area contributed by atoms with Crippen LogP contribution in [0.3, 0.4) is 0 Å². The Hall–Kier alpha value is -1.77. The van der Waals surface area contributed by atoms with Gasteiger partial charge in [0.25, 0.3) is 0 Å². The van der Waals surface area contributed by atoms with Crippen molar-refractivity contribution < 1.29 is 19.6 Å².